The minimum Gasteiger partial charge on any atom is -0.393 e. The van der Waals surface area contributed by atoms with E-state index in [9.17, 15) is 20.1 Å². The quantitative estimate of drug-likeness (QED) is 0.351. The van der Waals surface area contributed by atoms with Crippen LogP contribution in [0.5, 0.6) is 0 Å². The molecule has 0 spiro atoms. The zero-order valence-electron chi connectivity index (χ0n) is 21.2. The molecule has 0 saturated heterocycles. The number of terminal acetylenes is 1. The molecule has 5 nitrogen and oxygen atoms in total. The van der Waals surface area contributed by atoms with E-state index >= 15 is 0 Å². The van der Waals surface area contributed by atoms with Crippen LogP contribution in [0.4, 0.5) is 0 Å². The van der Waals surface area contributed by atoms with Gasteiger partial charge in [0, 0.05) is 0 Å². The molecule has 0 heterocycles. The minimum atomic E-state index is -0.353. The van der Waals surface area contributed by atoms with Gasteiger partial charge in [0.1, 0.15) is 0 Å². The summed E-state index contributed by atoms with van der Waals surface area (Å²) >= 11 is 0. The number of carbonyl (C=O) groups excluding carboxylic acids is 1. The first kappa shape index (κ1) is 25.7. The van der Waals surface area contributed by atoms with E-state index in [-0.39, 0.29) is 47.5 Å². The van der Waals surface area contributed by atoms with Crippen molar-refractivity contribution in [3.8, 4) is 12.3 Å². The number of fused-ring (bicyclic) bond motifs is 5. The summed E-state index contributed by atoms with van der Waals surface area (Å²) in [6.07, 6.45) is 15.9. The maximum absolute atomic E-state index is 11.7. The normalized spacial score (nSPS) is 46.7. The third-order valence-electron chi connectivity index (χ3n) is 10.9. The molecular formula is C29H45NO4. The van der Waals surface area contributed by atoms with Crippen molar-refractivity contribution in [2.75, 3.05) is 6.54 Å². The molecule has 4 aliphatic carbocycles. The van der Waals surface area contributed by atoms with Gasteiger partial charge in [0.15, 0.2) is 0 Å². The Hall–Kier alpha value is -1.35. The Morgan fingerprint density at radius 2 is 1.91 bits per heavy atom. The van der Waals surface area contributed by atoms with Crippen LogP contribution in [0.25, 0.3) is 0 Å². The summed E-state index contributed by atoms with van der Waals surface area (Å²) in [7, 11) is 0. The molecule has 5 heteroatoms. The molecule has 0 bridgehead atoms. The highest BCUT2D eigenvalue weighted by atomic mass is 16.3. The summed E-state index contributed by atoms with van der Waals surface area (Å²) in [6.45, 7) is 7.21. The SMILES string of the molecule is C#CCNC(=O)/C=C/CC[C@@H](C)[C@H]1CC[C@H]2C3C(C[C@H](O)[C@]12C)[C@@]1(C)CC[C@@H](O)C[C@H]1C[C@H]3O. The molecule has 34 heavy (non-hydrogen) atoms. The van der Waals surface area contributed by atoms with E-state index in [0.29, 0.717) is 29.6 Å². The maximum Gasteiger partial charge on any atom is 0.244 e. The Labute approximate surface area is 205 Å². The molecular weight excluding hydrogens is 426 g/mol. The number of aliphatic hydroxyl groups is 3. The first-order valence-corrected chi connectivity index (χ1v) is 13.5. The van der Waals surface area contributed by atoms with E-state index in [1.54, 1.807) is 6.08 Å². The van der Waals surface area contributed by atoms with Crippen LogP contribution in [0.2, 0.25) is 0 Å². The lowest BCUT2D eigenvalue weighted by Gasteiger charge is -2.63. The monoisotopic (exact) mass is 471 g/mol. The van der Waals surface area contributed by atoms with Gasteiger partial charge in [-0.25, -0.2) is 0 Å². The largest absolute Gasteiger partial charge is 0.393 e. The maximum atomic E-state index is 11.7. The number of carbonyl (C=O) groups is 1. The van der Waals surface area contributed by atoms with Crippen LogP contribution in [0.3, 0.4) is 0 Å². The van der Waals surface area contributed by atoms with E-state index in [1.165, 1.54) is 0 Å². The van der Waals surface area contributed by atoms with Crippen molar-refractivity contribution in [2.45, 2.75) is 96.9 Å². The zero-order chi connectivity index (χ0) is 24.7. The van der Waals surface area contributed by atoms with E-state index in [0.717, 1.165) is 57.8 Å². The van der Waals surface area contributed by atoms with Gasteiger partial charge in [0.25, 0.3) is 0 Å². The first-order chi connectivity index (χ1) is 16.1. The summed E-state index contributed by atoms with van der Waals surface area (Å²) in [5.41, 5.74) is -0.0627. The van der Waals surface area contributed by atoms with Crippen molar-refractivity contribution in [2.24, 2.45) is 46.3 Å². The number of allylic oxidation sites excluding steroid dienone is 1. The van der Waals surface area contributed by atoms with Crippen LogP contribution >= 0.6 is 0 Å². The third kappa shape index (κ3) is 4.36. The van der Waals surface area contributed by atoms with Crippen molar-refractivity contribution >= 4 is 5.91 Å². The van der Waals surface area contributed by atoms with Crippen LogP contribution in [0.15, 0.2) is 12.2 Å². The van der Waals surface area contributed by atoms with Gasteiger partial charge in [-0.1, -0.05) is 32.8 Å². The number of amides is 1. The fraction of sp³-hybridized carbons (Fsp3) is 0.828. The predicted octanol–water partition coefficient (Wildman–Crippen LogP) is 3.67. The lowest BCUT2D eigenvalue weighted by Crippen LogP contribution is -2.62. The Bertz CT molecular complexity index is 819. The number of rotatable bonds is 6. The molecule has 4 rings (SSSR count). The van der Waals surface area contributed by atoms with Crippen LogP contribution in [0.1, 0.15) is 78.6 Å². The predicted molar refractivity (Wildman–Crippen MR) is 133 cm³/mol. The molecule has 2 unspecified atom stereocenters. The molecule has 0 aromatic rings. The second kappa shape index (κ2) is 9.96. The second-order valence-corrected chi connectivity index (χ2v) is 12.4. The summed E-state index contributed by atoms with van der Waals surface area (Å²) < 4.78 is 0. The smallest absolute Gasteiger partial charge is 0.244 e. The number of aliphatic hydroxyl groups excluding tert-OH is 3. The molecule has 4 aliphatic rings. The lowest BCUT2D eigenvalue weighted by molar-refractivity contribution is -0.207. The summed E-state index contributed by atoms with van der Waals surface area (Å²) in [5, 5.41) is 36.0. The van der Waals surface area contributed by atoms with E-state index < -0.39 is 0 Å². The molecule has 11 atom stereocenters. The summed E-state index contributed by atoms with van der Waals surface area (Å²) in [5.74, 6) is 4.39. The molecule has 4 N–H and O–H groups in total. The van der Waals surface area contributed by atoms with Gasteiger partial charge in [-0.3, -0.25) is 4.79 Å². The summed E-state index contributed by atoms with van der Waals surface area (Å²) in [6, 6.07) is 0. The van der Waals surface area contributed by atoms with Crippen LogP contribution in [0, 0.1) is 58.7 Å². The van der Waals surface area contributed by atoms with Crippen molar-refractivity contribution in [1.82, 2.24) is 5.32 Å². The number of hydrogen-bond donors (Lipinski definition) is 4. The van der Waals surface area contributed by atoms with Gasteiger partial charge in [-0.05, 0) is 110 Å². The van der Waals surface area contributed by atoms with E-state index in [2.05, 4.69) is 32.0 Å². The molecule has 0 radical (unpaired) electrons. The highest BCUT2D eigenvalue weighted by Gasteiger charge is 2.65. The topological polar surface area (TPSA) is 89.8 Å². The van der Waals surface area contributed by atoms with Gasteiger partial charge >= 0.3 is 0 Å². The molecule has 4 saturated carbocycles. The molecule has 0 aromatic heterocycles. The van der Waals surface area contributed by atoms with Crippen LogP contribution < -0.4 is 5.32 Å². The van der Waals surface area contributed by atoms with Gasteiger partial charge in [0.05, 0.1) is 24.9 Å². The third-order valence-corrected chi connectivity index (χ3v) is 10.9. The molecule has 4 fully saturated rings. The molecule has 0 aromatic carbocycles. The van der Waals surface area contributed by atoms with Crippen molar-refractivity contribution in [1.29, 1.82) is 0 Å². The zero-order valence-corrected chi connectivity index (χ0v) is 21.2. The molecule has 190 valence electrons. The number of nitrogens with one attached hydrogen (secondary N) is 1. The Morgan fingerprint density at radius 3 is 2.65 bits per heavy atom. The fourth-order valence-corrected chi connectivity index (χ4v) is 9.08. The van der Waals surface area contributed by atoms with Gasteiger partial charge in [-0.2, -0.15) is 0 Å². The van der Waals surface area contributed by atoms with Crippen LogP contribution in [-0.4, -0.2) is 46.1 Å². The molecule has 0 aliphatic heterocycles. The van der Waals surface area contributed by atoms with Crippen molar-refractivity contribution in [3.05, 3.63) is 12.2 Å². The van der Waals surface area contributed by atoms with E-state index in [4.69, 9.17) is 6.42 Å². The highest BCUT2D eigenvalue weighted by Crippen LogP contribution is 2.68. The van der Waals surface area contributed by atoms with Gasteiger partial charge in [0.2, 0.25) is 5.91 Å². The Morgan fingerprint density at radius 1 is 1.15 bits per heavy atom. The van der Waals surface area contributed by atoms with Crippen LogP contribution in [-0.2, 0) is 4.79 Å². The minimum absolute atomic E-state index is 0.111. The standard InChI is InChI=1S/C29H45NO4/c1-5-14-30-26(34)9-7-6-8-18(2)21-10-11-22-27-23(17-25(33)29(21,22)4)28(3)13-12-20(31)15-19(28)16-24(27)32/h1,7,9,18-25,27,31-33H,6,8,10-17H2,2-4H3,(H,30,34)/b9-7+/t18-,19+,20-,21-,22+,23?,24-,25+,27?,28+,29-/m1/s1. The van der Waals surface area contributed by atoms with Crippen molar-refractivity contribution < 1.29 is 20.1 Å². The summed E-state index contributed by atoms with van der Waals surface area (Å²) in [4.78, 5) is 11.7. The lowest BCUT2D eigenvalue weighted by atomic mass is 9.43. The fourth-order valence-electron chi connectivity index (χ4n) is 9.08. The average molecular weight is 472 g/mol. The number of hydrogen-bond acceptors (Lipinski definition) is 4. The Kier molecular flexibility index (Phi) is 7.54. The van der Waals surface area contributed by atoms with E-state index in [1.807, 2.05) is 6.08 Å². The average Bonchev–Trinajstić information content (AvgIpc) is 3.15. The van der Waals surface area contributed by atoms with Gasteiger partial charge < -0.3 is 20.6 Å². The molecule has 1 amide bonds. The highest BCUT2D eigenvalue weighted by molar-refractivity contribution is 5.87. The Balaban J connectivity index is 1.45. The van der Waals surface area contributed by atoms with Crippen molar-refractivity contribution in [3.63, 3.8) is 0 Å². The first-order valence-electron chi connectivity index (χ1n) is 13.5. The van der Waals surface area contributed by atoms with Gasteiger partial charge in [-0.15, -0.1) is 6.42 Å². The second-order valence-electron chi connectivity index (χ2n) is 12.4.